The molecular formula is C24H27N3O8. The van der Waals surface area contributed by atoms with E-state index >= 15 is 0 Å². The van der Waals surface area contributed by atoms with Crippen molar-refractivity contribution in [1.82, 2.24) is 4.90 Å². The number of carbonyl (C=O) groups excluding carboxylic acids is 3. The van der Waals surface area contributed by atoms with Crippen molar-refractivity contribution in [2.24, 2.45) is 0 Å². The minimum Gasteiger partial charge on any atom is -0.464 e. The van der Waals surface area contributed by atoms with Crippen LogP contribution in [0, 0.1) is 16.7 Å². The van der Waals surface area contributed by atoms with Crippen LogP contribution in [-0.4, -0.2) is 52.1 Å². The van der Waals surface area contributed by atoms with Crippen LogP contribution in [0.5, 0.6) is 0 Å². The number of nitrogens with zero attached hydrogens (tertiary/aromatic N) is 3. The van der Waals surface area contributed by atoms with Crippen molar-refractivity contribution in [2.45, 2.75) is 57.9 Å². The molecule has 1 aliphatic heterocycles. The summed E-state index contributed by atoms with van der Waals surface area (Å²) in [5, 5.41) is 10.8. The number of ether oxygens (including phenoxy) is 3. The number of hydrogen-bond acceptors (Lipinski definition) is 8. The molecule has 2 atom stereocenters. The zero-order chi connectivity index (χ0) is 26.6. The monoisotopic (exact) mass is 485 g/mol. The van der Waals surface area contributed by atoms with Gasteiger partial charge in [0.2, 0.25) is 0 Å². The van der Waals surface area contributed by atoms with Gasteiger partial charge in [0.15, 0.2) is 5.60 Å². The summed E-state index contributed by atoms with van der Waals surface area (Å²) in [5.41, 5.74) is -2.60. The normalized spacial score (nSPS) is 19.0. The number of methoxy groups -OCH3 is 1. The van der Waals surface area contributed by atoms with Gasteiger partial charge in [0.05, 0.1) is 12.0 Å². The molecule has 2 rings (SSSR count). The Kier molecular flexibility index (Phi) is 8.02. The Morgan fingerprint density at radius 3 is 2.37 bits per heavy atom. The van der Waals surface area contributed by atoms with Crippen LogP contribution in [0.15, 0.2) is 48.2 Å². The number of allylic oxidation sites excluding steroid dienone is 1. The molecule has 1 saturated heterocycles. The Balaban J connectivity index is 2.27. The molecule has 1 heterocycles. The molecule has 0 unspecified atom stereocenters. The highest BCUT2D eigenvalue weighted by molar-refractivity contribution is 6.05. The van der Waals surface area contributed by atoms with Crippen LogP contribution in [0.2, 0.25) is 0 Å². The van der Waals surface area contributed by atoms with Gasteiger partial charge < -0.3 is 14.2 Å². The summed E-state index contributed by atoms with van der Waals surface area (Å²) in [5.74, 6) is -1.44. The Morgan fingerprint density at radius 2 is 1.91 bits per heavy atom. The van der Waals surface area contributed by atoms with Crippen LogP contribution in [-0.2, 0) is 30.4 Å². The minimum atomic E-state index is -1.84. The van der Waals surface area contributed by atoms with Gasteiger partial charge in [-0.2, -0.15) is 0 Å². The Morgan fingerprint density at radius 1 is 1.31 bits per heavy atom. The summed E-state index contributed by atoms with van der Waals surface area (Å²) in [6, 6.07) is 4.54. The molecule has 1 aromatic rings. The van der Waals surface area contributed by atoms with Crippen LogP contribution in [0.4, 0.5) is 10.5 Å². The minimum absolute atomic E-state index is 0.0140. The highest BCUT2D eigenvalue weighted by Gasteiger charge is 2.77. The smallest absolute Gasteiger partial charge is 0.464 e. The molecule has 0 saturated carbocycles. The number of nitro benzene ring substituents is 1. The standard InChI is InChI=1S/C24H27N3O8/c1-8-9-18-24(25-6,21(29)26(18)19(15(2)3)20(28)33-7)23(4,5)35-22(30)34-14-16-10-12-17(13-11-16)27(31)32/h8,10-13,18H,1,9,14H2,2-5,7H3/t18-,24+/m1/s1. The number of esters is 1. The second-order valence-corrected chi connectivity index (χ2v) is 8.51. The maximum atomic E-state index is 13.4. The van der Waals surface area contributed by atoms with E-state index in [0.29, 0.717) is 11.1 Å². The van der Waals surface area contributed by atoms with Crippen molar-refractivity contribution in [3.63, 3.8) is 0 Å². The summed E-state index contributed by atoms with van der Waals surface area (Å²) in [6.07, 6.45) is 0.523. The molecule has 0 radical (unpaired) electrons. The molecule has 0 aliphatic carbocycles. The van der Waals surface area contributed by atoms with E-state index in [-0.39, 0.29) is 24.4 Å². The first-order valence-electron chi connectivity index (χ1n) is 10.6. The lowest BCUT2D eigenvalue weighted by Gasteiger charge is -2.52. The van der Waals surface area contributed by atoms with Crippen molar-refractivity contribution in [2.75, 3.05) is 7.11 Å². The van der Waals surface area contributed by atoms with Crippen LogP contribution in [0.3, 0.4) is 0 Å². The molecule has 11 nitrogen and oxygen atoms in total. The lowest BCUT2D eigenvalue weighted by atomic mass is 9.66. The molecule has 1 fully saturated rings. The third kappa shape index (κ3) is 4.87. The van der Waals surface area contributed by atoms with Gasteiger partial charge in [-0.25, -0.2) is 16.2 Å². The average Bonchev–Trinajstić information content (AvgIpc) is 2.80. The molecule has 0 N–H and O–H groups in total. The Labute approximate surface area is 202 Å². The van der Waals surface area contributed by atoms with E-state index in [0.717, 1.165) is 0 Å². The lowest BCUT2D eigenvalue weighted by molar-refractivity contribution is -0.384. The largest absolute Gasteiger partial charge is 0.509 e. The quantitative estimate of drug-likeness (QED) is 0.0978. The molecule has 1 amide bonds. The predicted molar refractivity (Wildman–Crippen MR) is 124 cm³/mol. The van der Waals surface area contributed by atoms with E-state index in [1.165, 1.54) is 56.2 Å². The first-order valence-corrected chi connectivity index (χ1v) is 10.6. The van der Waals surface area contributed by atoms with E-state index in [4.69, 9.17) is 20.8 Å². The number of likely N-dealkylation sites (tertiary alicyclic amines) is 1. The van der Waals surface area contributed by atoms with Gasteiger partial charge in [-0.15, -0.1) is 6.58 Å². The zero-order valence-electron chi connectivity index (χ0n) is 20.2. The third-order valence-electron chi connectivity index (χ3n) is 5.76. The van der Waals surface area contributed by atoms with E-state index in [9.17, 15) is 24.5 Å². The number of benzene rings is 1. The summed E-state index contributed by atoms with van der Waals surface area (Å²) < 4.78 is 15.4. The Hall–Kier alpha value is -4.20. The predicted octanol–water partition coefficient (Wildman–Crippen LogP) is 3.94. The summed E-state index contributed by atoms with van der Waals surface area (Å²) in [4.78, 5) is 53.2. The van der Waals surface area contributed by atoms with Crippen molar-refractivity contribution in [3.05, 3.63) is 75.3 Å². The molecule has 1 aromatic carbocycles. The number of nitro groups is 1. The third-order valence-corrected chi connectivity index (χ3v) is 5.76. The number of hydrogen-bond donors (Lipinski definition) is 0. The Bertz CT molecular complexity index is 1110. The van der Waals surface area contributed by atoms with Crippen molar-refractivity contribution < 1.29 is 33.5 Å². The fourth-order valence-corrected chi connectivity index (χ4v) is 4.01. The molecule has 0 bridgehead atoms. The van der Waals surface area contributed by atoms with Crippen LogP contribution >= 0.6 is 0 Å². The number of non-ortho nitro benzene ring substituents is 1. The topological polar surface area (TPSA) is 130 Å². The lowest BCUT2D eigenvalue weighted by Crippen LogP contribution is -2.79. The van der Waals surface area contributed by atoms with Gasteiger partial charge in [0.25, 0.3) is 5.69 Å². The molecular weight excluding hydrogens is 458 g/mol. The molecule has 11 heteroatoms. The number of rotatable bonds is 9. The fourth-order valence-electron chi connectivity index (χ4n) is 4.01. The second kappa shape index (κ2) is 10.4. The fraction of sp³-hybridized carbons (Fsp3) is 0.417. The summed E-state index contributed by atoms with van der Waals surface area (Å²) >= 11 is 0. The average molecular weight is 485 g/mol. The number of β-lactam (4-membered cyclic amide) rings is 1. The summed E-state index contributed by atoms with van der Waals surface area (Å²) in [7, 11) is 1.19. The molecule has 0 aromatic heterocycles. The van der Waals surface area contributed by atoms with Gasteiger partial charge >= 0.3 is 23.6 Å². The highest BCUT2D eigenvalue weighted by Crippen LogP contribution is 2.49. The number of amides is 1. The van der Waals surface area contributed by atoms with Gasteiger partial charge in [0, 0.05) is 12.1 Å². The molecule has 0 spiro atoms. The maximum Gasteiger partial charge on any atom is 0.509 e. The van der Waals surface area contributed by atoms with Crippen molar-refractivity contribution >= 4 is 23.7 Å². The molecule has 186 valence electrons. The van der Waals surface area contributed by atoms with E-state index in [2.05, 4.69) is 11.4 Å². The molecule has 1 aliphatic rings. The number of carbonyl (C=O) groups is 3. The first kappa shape index (κ1) is 27.0. The highest BCUT2D eigenvalue weighted by atomic mass is 16.7. The maximum absolute atomic E-state index is 13.4. The van der Waals surface area contributed by atoms with E-state index in [1.807, 2.05) is 0 Å². The van der Waals surface area contributed by atoms with Gasteiger partial charge in [0.1, 0.15) is 18.3 Å². The van der Waals surface area contributed by atoms with Crippen molar-refractivity contribution in [1.29, 1.82) is 0 Å². The molecule has 35 heavy (non-hydrogen) atoms. The van der Waals surface area contributed by atoms with Gasteiger partial charge in [-0.1, -0.05) is 6.08 Å². The SMILES string of the molecule is [C-]#[N+][C@]1(C(C)(C)OC(=O)OCc2ccc([N+](=O)[O-])cc2)C(=O)N(C(C(=O)OC)=C(C)C)[C@@H]1CC=C. The first-order chi connectivity index (χ1) is 16.4. The summed E-state index contributed by atoms with van der Waals surface area (Å²) in [6.45, 7) is 17.4. The van der Waals surface area contributed by atoms with Crippen LogP contribution < -0.4 is 0 Å². The second-order valence-electron chi connectivity index (χ2n) is 8.51. The van der Waals surface area contributed by atoms with Gasteiger partial charge in [-0.3, -0.25) is 24.7 Å². The van der Waals surface area contributed by atoms with E-state index < -0.39 is 40.1 Å². The van der Waals surface area contributed by atoms with Crippen LogP contribution in [0.1, 0.15) is 39.7 Å². The van der Waals surface area contributed by atoms with Crippen LogP contribution in [0.25, 0.3) is 4.85 Å². The van der Waals surface area contributed by atoms with Crippen molar-refractivity contribution in [3.8, 4) is 0 Å². The zero-order valence-corrected chi connectivity index (χ0v) is 20.2. The van der Waals surface area contributed by atoms with E-state index in [1.54, 1.807) is 13.8 Å². The van der Waals surface area contributed by atoms with Gasteiger partial charge in [-0.05, 0) is 57.4 Å².